The van der Waals surface area contributed by atoms with Crippen LogP contribution in [0.5, 0.6) is 0 Å². The van der Waals surface area contributed by atoms with E-state index in [0.29, 0.717) is 15.6 Å². The molecule has 0 saturated carbocycles. The number of pyridine rings is 1. The van der Waals surface area contributed by atoms with Crippen LogP contribution >= 0.6 is 34.8 Å². The lowest BCUT2D eigenvalue weighted by molar-refractivity contribution is 0.566. The average Bonchev–Trinajstić information content (AvgIpc) is 2.38. The molecule has 1 unspecified atom stereocenters. The molecule has 2 aromatic rings. The lowest BCUT2D eigenvalue weighted by Gasteiger charge is -2.16. The van der Waals surface area contributed by atoms with Crippen molar-refractivity contribution in [2.75, 3.05) is 0 Å². The van der Waals surface area contributed by atoms with Gasteiger partial charge in [-0.1, -0.05) is 40.9 Å². The maximum atomic E-state index is 12.3. The van der Waals surface area contributed by atoms with Gasteiger partial charge in [0.1, 0.15) is 10.0 Å². The third-order valence-corrected chi connectivity index (χ3v) is 5.32. The van der Waals surface area contributed by atoms with Crippen LogP contribution in [0, 0.1) is 0 Å². The Hall–Kier alpha value is -0.850. The lowest BCUT2D eigenvalue weighted by atomic mass is 10.1. The quantitative estimate of drug-likeness (QED) is 0.830. The van der Waals surface area contributed by atoms with E-state index >= 15 is 0 Å². The summed E-state index contributed by atoms with van der Waals surface area (Å²) >= 11 is 17.7. The van der Waals surface area contributed by atoms with E-state index in [1.165, 1.54) is 18.3 Å². The van der Waals surface area contributed by atoms with E-state index in [-0.39, 0.29) is 10.0 Å². The van der Waals surface area contributed by atoms with E-state index in [4.69, 9.17) is 34.8 Å². The highest BCUT2D eigenvalue weighted by Crippen LogP contribution is 2.28. The zero-order valence-electron chi connectivity index (χ0n) is 10.8. The lowest BCUT2D eigenvalue weighted by Crippen LogP contribution is -2.27. The van der Waals surface area contributed by atoms with Crippen molar-refractivity contribution in [3.8, 4) is 0 Å². The Morgan fingerprint density at radius 2 is 1.90 bits per heavy atom. The molecule has 0 fully saturated rings. The van der Waals surface area contributed by atoms with Crippen molar-refractivity contribution in [1.29, 1.82) is 0 Å². The fourth-order valence-corrected chi connectivity index (χ4v) is 4.03. The molecule has 0 amide bonds. The minimum Gasteiger partial charge on any atom is -0.243 e. The molecule has 0 bridgehead atoms. The van der Waals surface area contributed by atoms with E-state index in [0.717, 1.165) is 0 Å². The van der Waals surface area contributed by atoms with Gasteiger partial charge in [-0.3, -0.25) is 0 Å². The van der Waals surface area contributed by atoms with E-state index in [1.54, 1.807) is 25.1 Å². The summed E-state index contributed by atoms with van der Waals surface area (Å²) in [5.74, 6) is 0. The number of halogens is 3. The molecule has 1 atom stereocenters. The summed E-state index contributed by atoms with van der Waals surface area (Å²) < 4.78 is 27.1. The summed E-state index contributed by atoms with van der Waals surface area (Å²) in [4.78, 5) is 3.68. The zero-order valence-corrected chi connectivity index (χ0v) is 13.9. The molecular weight excluding hydrogens is 355 g/mol. The Balaban J connectivity index is 2.30. The third-order valence-electron chi connectivity index (χ3n) is 2.78. The third kappa shape index (κ3) is 3.87. The van der Waals surface area contributed by atoms with Gasteiger partial charge in [-0.2, -0.15) is 0 Å². The SMILES string of the molecule is CC(NS(=O)(=O)c1cccnc1Cl)c1ccc(Cl)cc1Cl. The highest BCUT2D eigenvalue weighted by molar-refractivity contribution is 7.89. The van der Waals surface area contributed by atoms with Crippen molar-refractivity contribution in [1.82, 2.24) is 9.71 Å². The van der Waals surface area contributed by atoms with Crippen LogP contribution in [-0.4, -0.2) is 13.4 Å². The number of aromatic nitrogens is 1. The van der Waals surface area contributed by atoms with Gasteiger partial charge in [-0.05, 0) is 36.8 Å². The van der Waals surface area contributed by atoms with Gasteiger partial charge in [-0.25, -0.2) is 18.1 Å². The topological polar surface area (TPSA) is 59.1 Å². The van der Waals surface area contributed by atoms with Gasteiger partial charge in [0.2, 0.25) is 10.0 Å². The summed E-state index contributed by atoms with van der Waals surface area (Å²) in [6.07, 6.45) is 1.42. The second-order valence-corrected chi connectivity index (χ2v) is 7.19. The van der Waals surface area contributed by atoms with Crippen molar-refractivity contribution >= 4 is 44.8 Å². The fraction of sp³-hybridized carbons (Fsp3) is 0.154. The summed E-state index contributed by atoms with van der Waals surface area (Å²) in [6, 6.07) is 7.21. The number of sulfonamides is 1. The Bertz CT molecular complexity index is 766. The summed E-state index contributed by atoms with van der Waals surface area (Å²) in [5.41, 5.74) is 0.615. The molecule has 0 saturated heterocycles. The molecule has 0 aliphatic heterocycles. The number of hydrogen-bond acceptors (Lipinski definition) is 3. The first-order chi connectivity index (χ1) is 9.81. The van der Waals surface area contributed by atoms with Gasteiger partial charge in [0.25, 0.3) is 0 Å². The average molecular weight is 366 g/mol. The van der Waals surface area contributed by atoms with E-state index in [2.05, 4.69) is 9.71 Å². The molecule has 0 spiro atoms. The molecule has 1 N–H and O–H groups in total. The second kappa shape index (κ2) is 6.50. The monoisotopic (exact) mass is 364 g/mol. The molecule has 1 aromatic carbocycles. The molecule has 0 radical (unpaired) electrons. The van der Waals surface area contributed by atoms with Gasteiger partial charge in [0.15, 0.2) is 0 Å². The van der Waals surface area contributed by atoms with Crippen LogP contribution in [0.1, 0.15) is 18.5 Å². The van der Waals surface area contributed by atoms with Gasteiger partial charge in [0, 0.05) is 22.3 Å². The predicted molar refractivity (Wildman–Crippen MR) is 84.4 cm³/mol. The van der Waals surface area contributed by atoms with Crippen LogP contribution in [0.2, 0.25) is 15.2 Å². The number of benzene rings is 1. The summed E-state index contributed by atoms with van der Waals surface area (Å²) in [5, 5.41) is 0.781. The molecule has 4 nitrogen and oxygen atoms in total. The molecular formula is C13H11Cl3N2O2S. The van der Waals surface area contributed by atoms with E-state index in [9.17, 15) is 8.42 Å². The largest absolute Gasteiger partial charge is 0.244 e. The van der Waals surface area contributed by atoms with Gasteiger partial charge < -0.3 is 0 Å². The van der Waals surface area contributed by atoms with Crippen LogP contribution < -0.4 is 4.72 Å². The molecule has 1 aromatic heterocycles. The number of rotatable bonds is 4. The van der Waals surface area contributed by atoms with Crippen LogP contribution in [-0.2, 0) is 10.0 Å². The van der Waals surface area contributed by atoms with Gasteiger partial charge in [-0.15, -0.1) is 0 Å². The minimum atomic E-state index is -3.80. The number of nitrogens with zero attached hydrogens (tertiary/aromatic N) is 1. The van der Waals surface area contributed by atoms with Crippen LogP contribution in [0.4, 0.5) is 0 Å². The van der Waals surface area contributed by atoms with Crippen LogP contribution in [0.25, 0.3) is 0 Å². The smallest absolute Gasteiger partial charge is 0.243 e. The van der Waals surface area contributed by atoms with Crippen molar-refractivity contribution in [3.63, 3.8) is 0 Å². The molecule has 0 aliphatic rings. The predicted octanol–water partition coefficient (Wildman–Crippen LogP) is 4.08. The zero-order chi connectivity index (χ0) is 15.6. The molecule has 1 heterocycles. The Labute approximate surface area is 138 Å². The first-order valence-electron chi connectivity index (χ1n) is 5.89. The highest BCUT2D eigenvalue weighted by atomic mass is 35.5. The van der Waals surface area contributed by atoms with Crippen molar-refractivity contribution in [2.24, 2.45) is 0 Å². The molecule has 0 aliphatic carbocycles. The molecule has 8 heteroatoms. The second-order valence-electron chi connectivity index (χ2n) is 4.30. The summed E-state index contributed by atoms with van der Waals surface area (Å²) in [7, 11) is -3.80. The standard InChI is InChI=1S/C13H11Cl3N2O2S/c1-8(10-5-4-9(14)7-11(10)15)18-21(19,20)12-3-2-6-17-13(12)16/h2-8,18H,1H3. The van der Waals surface area contributed by atoms with E-state index in [1.807, 2.05) is 0 Å². The minimum absolute atomic E-state index is 0.0800. The Morgan fingerprint density at radius 3 is 2.52 bits per heavy atom. The molecule has 21 heavy (non-hydrogen) atoms. The van der Waals surface area contributed by atoms with Crippen molar-refractivity contribution in [2.45, 2.75) is 17.9 Å². The van der Waals surface area contributed by atoms with Crippen LogP contribution in [0.3, 0.4) is 0 Å². The number of nitrogens with one attached hydrogen (secondary N) is 1. The van der Waals surface area contributed by atoms with Crippen molar-refractivity contribution < 1.29 is 8.42 Å². The normalized spacial score (nSPS) is 13.1. The molecule has 2 rings (SSSR count). The highest BCUT2D eigenvalue weighted by Gasteiger charge is 2.22. The maximum Gasteiger partial charge on any atom is 0.244 e. The van der Waals surface area contributed by atoms with Crippen LogP contribution in [0.15, 0.2) is 41.4 Å². The van der Waals surface area contributed by atoms with Crippen molar-refractivity contribution in [3.05, 3.63) is 57.3 Å². The Morgan fingerprint density at radius 1 is 1.19 bits per heavy atom. The first kappa shape index (κ1) is 16.5. The summed E-state index contributed by atoms with van der Waals surface area (Å²) in [6.45, 7) is 1.68. The van der Waals surface area contributed by atoms with Gasteiger partial charge >= 0.3 is 0 Å². The maximum absolute atomic E-state index is 12.3. The van der Waals surface area contributed by atoms with E-state index < -0.39 is 16.1 Å². The fourth-order valence-electron chi connectivity index (χ4n) is 1.78. The number of hydrogen-bond donors (Lipinski definition) is 1. The first-order valence-corrected chi connectivity index (χ1v) is 8.51. The molecule has 112 valence electrons. The Kier molecular flexibility index (Phi) is 5.11. The van der Waals surface area contributed by atoms with Gasteiger partial charge in [0.05, 0.1) is 0 Å².